The van der Waals surface area contributed by atoms with Gasteiger partial charge in [-0.3, -0.25) is 5.41 Å². The van der Waals surface area contributed by atoms with Crippen LogP contribution in [-0.2, 0) is 4.74 Å². The number of nitrogens with zero attached hydrogens (tertiary/aromatic N) is 2. The zero-order valence-corrected chi connectivity index (χ0v) is 16.9. The van der Waals surface area contributed by atoms with Gasteiger partial charge in [0.2, 0.25) is 0 Å². The van der Waals surface area contributed by atoms with E-state index in [1.165, 1.54) is 0 Å². The summed E-state index contributed by atoms with van der Waals surface area (Å²) in [6.45, 7) is 2.52. The summed E-state index contributed by atoms with van der Waals surface area (Å²) in [6.07, 6.45) is 7.64. The average molecular weight is 396 g/mol. The van der Waals surface area contributed by atoms with Crippen molar-refractivity contribution in [2.24, 2.45) is 4.99 Å². The first-order valence-electron chi connectivity index (χ1n) is 9.99. The van der Waals surface area contributed by atoms with Crippen molar-refractivity contribution in [2.45, 2.75) is 44.2 Å². The SMILES string of the molecule is COC[C@@]12CCC[C@@H](C1)N2C(=O)Nc1ccc(C)c(C(=N)N=Cc2ccc[nH]2)c1.[HH]. The Labute approximate surface area is 172 Å². The molecule has 0 radical (unpaired) electrons. The molecule has 7 nitrogen and oxygen atoms in total. The molecular weight excluding hydrogens is 366 g/mol. The lowest BCUT2D eigenvalue weighted by Gasteiger charge is -2.61. The second-order valence-corrected chi connectivity index (χ2v) is 7.97. The Hall–Kier alpha value is -2.93. The highest BCUT2D eigenvalue weighted by Gasteiger charge is 2.56. The van der Waals surface area contributed by atoms with E-state index in [0.717, 1.165) is 36.9 Å². The summed E-state index contributed by atoms with van der Waals surface area (Å²) in [5, 5.41) is 11.3. The van der Waals surface area contributed by atoms with Crippen LogP contribution in [0.5, 0.6) is 0 Å². The number of aliphatic imine (C=N–C) groups is 1. The number of aromatic amines is 1. The number of likely N-dealkylation sites (tertiary alicyclic amines) is 1. The zero-order valence-electron chi connectivity index (χ0n) is 16.9. The number of carbonyl (C=O) groups is 1. The van der Waals surface area contributed by atoms with Crippen molar-refractivity contribution in [2.75, 3.05) is 19.0 Å². The monoisotopic (exact) mass is 395 g/mol. The van der Waals surface area contributed by atoms with Crippen LogP contribution < -0.4 is 5.32 Å². The van der Waals surface area contributed by atoms with Crippen molar-refractivity contribution in [3.05, 3.63) is 53.3 Å². The minimum atomic E-state index is -0.164. The third-order valence-electron chi connectivity index (χ3n) is 6.00. The molecule has 29 heavy (non-hydrogen) atoms. The minimum absolute atomic E-state index is 0. The summed E-state index contributed by atoms with van der Waals surface area (Å²) >= 11 is 0. The number of aryl methyl sites for hydroxylation is 1. The molecule has 2 heterocycles. The topological polar surface area (TPSA) is 93.6 Å². The number of nitrogens with one attached hydrogen (secondary N) is 3. The molecule has 7 heteroatoms. The van der Waals surface area contributed by atoms with Gasteiger partial charge in [-0.1, -0.05) is 6.07 Å². The van der Waals surface area contributed by atoms with E-state index in [2.05, 4.69) is 15.3 Å². The number of aromatic nitrogens is 1. The normalized spacial score (nSPS) is 23.1. The summed E-state index contributed by atoms with van der Waals surface area (Å²) in [4.78, 5) is 22.3. The van der Waals surface area contributed by atoms with Gasteiger partial charge in [-0.15, -0.1) is 0 Å². The van der Waals surface area contributed by atoms with E-state index in [0.29, 0.717) is 23.9 Å². The lowest BCUT2D eigenvalue weighted by molar-refractivity contribution is -0.106. The van der Waals surface area contributed by atoms with E-state index in [1.54, 1.807) is 13.3 Å². The highest BCUT2D eigenvalue weighted by atomic mass is 16.5. The predicted octanol–water partition coefficient (Wildman–Crippen LogP) is 4.19. The van der Waals surface area contributed by atoms with Gasteiger partial charge in [-0.05, 0) is 62.4 Å². The van der Waals surface area contributed by atoms with Crippen molar-refractivity contribution in [3.8, 4) is 0 Å². The molecule has 2 bridgehead atoms. The van der Waals surface area contributed by atoms with E-state index >= 15 is 0 Å². The number of benzene rings is 1. The molecule has 1 aliphatic carbocycles. The van der Waals surface area contributed by atoms with Crippen LogP contribution in [0.1, 0.15) is 43.9 Å². The Morgan fingerprint density at radius 2 is 2.38 bits per heavy atom. The number of amidine groups is 1. The number of fused-ring (bicyclic) bond motifs is 2. The van der Waals surface area contributed by atoms with Crippen molar-refractivity contribution < 1.29 is 11.0 Å². The Kier molecular flexibility index (Phi) is 5.24. The molecule has 0 unspecified atom stereocenters. The molecule has 1 aromatic heterocycles. The molecule has 2 atom stereocenters. The van der Waals surface area contributed by atoms with Gasteiger partial charge in [-0.25, -0.2) is 9.79 Å². The van der Waals surface area contributed by atoms with Gasteiger partial charge in [0.05, 0.1) is 24.1 Å². The van der Waals surface area contributed by atoms with Gasteiger partial charge in [0, 0.05) is 32.0 Å². The summed E-state index contributed by atoms with van der Waals surface area (Å²) < 4.78 is 5.41. The molecule has 154 valence electrons. The first kappa shape index (κ1) is 19.4. The van der Waals surface area contributed by atoms with Crippen LogP contribution in [0.25, 0.3) is 0 Å². The van der Waals surface area contributed by atoms with E-state index < -0.39 is 0 Å². The third kappa shape index (κ3) is 3.70. The molecule has 2 amide bonds. The Morgan fingerprint density at radius 3 is 3.10 bits per heavy atom. The molecule has 1 saturated heterocycles. The number of carbonyl (C=O) groups excluding carboxylic acids is 1. The van der Waals surface area contributed by atoms with Crippen LogP contribution in [0.3, 0.4) is 0 Å². The highest BCUT2D eigenvalue weighted by molar-refractivity contribution is 6.05. The standard InChI is InChI=1S/C22H27N5O2.H2/c1-15-7-8-16(11-19(15)20(23)25-13-17-5-4-10-24-17)26-21(28)27-18-6-3-9-22(27,12-18)14-29-2;/h4-5,7-8,10-11,13,18,23-24H,3,6,9,12,14H2,1-2H3,(H,26,28);1H/t18-,22+;/m0./s1. The number of amides is 2. The van der Waals surface area contributed by atoms with Gasteiger partial charge in [0.15, 0.2) is 5.84 Å². The maximum atomic E-state index is 13.0. The third-order valence-corrected chi connectivity index (χ3v) is 6.00. The van der Waals surface area contributed by atoms with Gasteiger partial charge in [-0.2, -0.15) is 0 Å². The summed E-state index contributed by atoms with van der Waals surface area (Å²) in [6, 6.07) is 9.58. The molecular formula is C22H29N5O2. The molecule has 2 aliphatic rings. The number of hydrogen-bond donors (Lipinski definition) is 3. The van der Waals surface area contributed by atoms with Gasteiger partial charge in [0.1, 0.15) is 0 Å². The fourth-order valence-corrected chi connectivity index (χ4v) is 4.64. The van der Waals surface area contributed by atoms with Crippen LogP contribution >= 0.6 is 0 Å². The first-order valence-corrected chi connectivity index (χ1v) is 9.99. The van der Waals surface area contributed by atoms with Crippen LogP contribution in [0.2, 0.25) is 0 Å². The molecule has 0 spiro atoms. The summed E-state index contributed by atoms with van der Waals surface area (Å²) in [7, 11) is 1.69. The summed E-state index contributed by atoms with van der Waals surface area (Å²) in [5.41, 5.74) is 2.98. The van der Waals surface area contributed by atoms with Crippen LogP contribution in [0, 0.1) is 12.3 Å². The number of hydrogen-bond acceptors (Lipinski definition) is 3. The van der Waals surface area contributed by atoms with Crippen LogP contribution in [0.15, 0.2) is 41.5 Å². The first-order chi connectivity index (χ1) is 14.0. The maximum Gasteiger partial charge on any atom is 0.322 e. The molecule has 1 aromatic carbocycles. The number of methoxy groups -OCH3 is 1. The Bertz CT molecular complexity index is 933. The van der Waals surface area contributed by atoms with Crippen LogP contribution in [-0.4, -0.2) is 53.3 Å². The van der Waals surface area contributed by atoms with E-state index in [1.807, 2.05) is 48.4 Å². The number of H-pyrrole nitrogens is 1. The fourth-order valence-electron chi connectivity index (χ4n) is 4.64. The molecule has 1 saturated carbocycles. The van der Waals surface area contributed by atoms with E-state index in [4.69, 9.17) is 10.1 Å². The number of anilines is 1. The second-order valence-electron chi connectivity index (χ2n) is 7.97. The highest BCUT2D eigenvalue weighted by Crippen LogP contribution is 2.47. The fraction of sp³-hybridized carbons (Fsp3) is 0.409. The lowest BCUT2D eigenvalue weighted by Crippen LogP contribution is -2.72. The van der Waals surface area contributed by atoms with Crippen molar-refractivity contribution in [3.63, 3.8) is 0 Å². The van der Waals surface area contributed by atoms with Gasteiger partial charge < -0.3 is 19.9 Å². The molecule has 1 aliphatic heterocycles. The van der Waals surface area contributed by atoms with Crippen molar-refractivity contribution >= 4 is 23.8 Å². The molecule has 4 rings (SSSR count). The Balaban J connectivity index is 0.00000256. The quantitative estimate of drug-likeness (QED) is 0.523. The largest absolute Gasteiger partial charge is 0.382 e. The predicted molar refractivity (Wildman–Crippen MR) is 116 cm³/mol. The summed E-state index contributed by atoms with van der Waals surface area (Å²) in [5.74, 6) is 0.157. The second kappa shape index (κ2) is 7.83. The Morgan fingerprint density at radius 1 is 1.52 bits per heavy atom. The number of ether oxygens (including phenoxy) is 1. The smallest absolute Gasteiger partial charge is 0.322 e. The number of urea groups is 1. The van der Waals surface area contributed by atoms with Gasteiger partial charge in [0.25, 0.3) is 0 Å². The molecule has 2 aromatic rings. The number of rotatable bonds is 5. The van der Waals surface area contributed by atoms with E-state index in [-0.39, 0.29) is 18.8 Å². The van der Waals surface area contributed by atoms with Crippen LogP contribution in [0.4, 0.5) is 10.5 Å². The van der Waals surface area contributed by atoms with Crippen molar-refractivity contribution in [1.29, 1.82) is 5.41 Å². The van der Waals surface area contributed by atoms with E-state index in [9.17, 15) is 4.79 Å². The van der Waals surface area contributed by atoms with Gasteiger partial charge >= 0.3 is 6.03 Å². The molecule has 3 N–H and O–H groups in total. The lowest BCUT2D eigenvalue weighted by atomic mass is 9.68. The average Bonchev–Trinajstić information content (AvgIpc) is 3.21. The minimum Gasteiger partial charge on any atom is -0.382 e. The van der Waals surface area contributed by atoms with Crippen molar-refractivity contribution in [1.82, 2.24) is 9.88 Å². The molecule has 2 fully saturated rings. The zero-order chi connectivity index (χ0) is 20.4. The maximum absolute atomic E-state index is 13.0. The number of piperidine rings is 1.